The van der Waals surface area contributed by atoms with Crippen molar-refractivity contribution in [2.45, 2.75) is 18.5 Å². The first kappa shape index (κ1) is 12.1. The second kappa shape index (κ2) is 5.04. The summed E-state index contributed by atoms with van der Waals surface area (Å²) in [5, 5.41) is 0. The lowest BCUT2D eigenvalue weighted by molar-refractivity contribution is 0.107. The highest BCUT2D eigenvalue weighted by molar-refractivity contribution is 5.25. The van der Waals surface area contributed by atoms with Crippen molar-refractivity contribution in [1.29, 1.82) is 0 Å². The number of hydrogen-bond donors (Lipinski definition) is 0. The molecule has 2 heteroatoms. The van der Waals surface area contributed by atoms with Gasteiger partial charge in [0.1, 0.15) is 0 Å². The summed E-state index contributed by atoms with van der Waals surface area (Å²) in [5.41, 5.74) is 2.92. The molecule has 4 unspecified atom stereocenters. The Morgan fingerprint density at radius 1 is 0.750 bits per heavy atom. The maximum Gasteiger partial charge on any atom is 0.0519 e. The number of fused-ring (bicyclic) bond motifs is 2. The van der Waals surface area contributed by atoms with Gasteiger partial charge in [0, 0.05) is 25.2 Å². The van der Waals surface area contributed by atoms with E-state index < -0.39 is 0 Å². The van der Waals surface area contributed by atoms with Gasteiger partial charge in [-0.15, -0.1) is 0 Å². The Bertz CT molecular complexity index is 525. The van der Waals surface area contributed by atoms with E-state index in [2.05, 4.69) is 70.5 Å². The normalized spacial score (nSPS) is 32.2. The Labute approximate surface area is 120 Å². The minimum Gasteiger partial charge on any atom is -0.288 e. The lowest BCUT2D eigenvalue weighted by atomic mass is 9.99. The zero-order valence-corrected chi connectivity index (χ0v) is 11.7. The van der Waals surface area contributed by atoms with Gasteiger partial charge in [-0.3, -0.25) is 9.80 Å². The smallest absolute Gasteiger partial charge is 0.0519 e. The van der Waals surface area contributed by atoms with Crippen molar-refractivity contribution in [3.8, 4) is 0 Å². The minimum atomic E-state index is 0.545. The largest absolute Gasteiger partial charge is 0.288 e. The molecule has 2 aliphatic heterocycles. The van der Waals surface area contributed by atoms with E-state index in [-0.39, 0.29) is 0 Å². The summed E-state index contributed by atoms with van der Waals surface area (Å²) in [6.07, 6.45) is 1.24. The molecule has 0 aliphatic carbocycles. The Balaban J connectivity index is 1.67. The van der Waals surface area contributed by atoms with Crippen molar-refractivity contribution in [3.63, 3.8) is 0 Å². The molecule has 0 N–H and O–H groups in total. The maximum absolute atomic E-state index is 2.67. The van der Waals surface area contributed by atoms with Gasteiger partial charge in [-0.25, -0.2) is 0 Å². The van der Waals surface area contributed by atoms with Gasteiger partial charge in [0.15, 0.2) is 0 Å². The standard InChI is InChI=1S/C18H20N2/c1-3-7-15(8-4-1)17-11-12-19-13-18(20(17)14-19)16-9-5-2-6-10-16/h1-10,17-18H,11-14H2. The van der Waals surface area contributed by atoms with Crippen LogP contribution < -0.4 is 0 Å². The molecule has 2 bridgehead atoms. The summed E-state index contributed by atoms with van der Waals surface area (Å²) in [7, 11) is 0. The topological polar surface area (TPSA) is 6.48 Å². The molecule has 2 aliphatic rings. The van der Waals surface area contributed by atoms with Crippen LogP contribution in [-0.4, -0.2) is 29.6 Å². The molecule has 102 valence electrons. The lowest BCUT2D eigenvalue weighted by Gasteiger charge is -2.36. The first-order valence-corrected chi connectivity index (χ1v) is 7.50. The first-order chi connectivity index (χ1) is 9.92. The van der Waals surface area contributed by atoms with Crippen LogP contribution in [-0.2, 0) is 0 Å². The number of benzene rings is 2. The van der Waals surface area contributed by atoms with Gasteiger partial charge < -0.3 is 0 Å². The molecule has 2 aromatic carbocycles. The van der Waals surface area contributed by atoms with Gasteiger partial charge in [-0.1, -0.05) is 60.7 Å². The van der Waals surface area contributed by atoms with E-state index in [0.717, 1.165) is 6.67 Å². The fourth-order valence-corrected chi connectivity index (χ4v) is 3.69. The quantitative estimate of drug-likeness (QED) is 0.819. The molecular formula is C18H20N2. The van der Waals surface area contributed by atoms with Gasteiger partial charge >= 0.3 is 0 Å². The number of rotatable bonds is 2. The fourth-order valence-electron chi connectivity index (χ4n) is 3.69. The molecule has 2 saturated heterocycles. The molecule has 2 heterocycles. The van der Waals surface area contributed by atoms with E-state index in [9.17, 15) is 0 Å². The third kappa shape index (κ3) is 2.05. The maximum atomic E-state index is 2.67. The predicted octanol–water partition coefficient (Wildman–Crippen LogP) is 3.45. The van der Waals surface area contributed by atoms with E-state index in [0.29, 0.717) is 12.1 Å². The minimum absolute atomic E-state index is 0.545. The molecule has 0 saturated carbocycles. The summed E-state index contributed by atoms with van der Waals surface area (Å²) in [5.74, 6) is 0. The molecule has 0 radical (unpaired) electrons. The first-order valence-electron chi connectivity index (χ1n) is 7.50. The van der Waals surface area contributed by atoms with Crippen molar-refractivity contribution in [1.82, 2.24) is 9.80 Å². The summed E-state index contributed by atoms with van der Waals surface area (Å²) in [4.78, 5) is 5.26. The number of hydrogen-bond acceptors (Lipinski definition) is 2. The SMILES string of the molecule is c1ccc(C2CCN3CC(c4ccccc4)N2C3)cc1. The third-order valence-corrected chi connectivity index (χ3v) is 4.68. The molecule has 0 amide bonds. The molecular weight excluding hydrogens is 244 g/mol. The molecule has 0 spiro atoms. The molecule has 2 aromatic rings. The Hall–Kier alpha value is -1.64. The van der Waals surface area contributed by atoms with Gasteiger partial charge in [-0.2, -0.15) is 0 Å². The highest BCUT2D eigenvalue weighted by Gasteiger charge is 2.40. The van der Waals surface area contributed by atoms with Crippen molar-refractivity contribution in [2.75, 3.05) is 19.8 Å². The van der Waals surface area contributed by atoms with Crippen LogP contribution in [0.15, 0.2) is 60.7 Å². The van der Waals surface area contributed by atoms with Crippen molar-refractivity contribution in [2.24, 2.45) is 0 Å². The van der Waals surface area contributed by atoms with Crippen LogP contribution in [0.4, 0.5) is 0 Å². The molecule has 0 aromatic heterocycles. The van der Waals surface area contributed by atoms with Crippen LogP contribution in [0.3, 0.4) is 0 Å². The van der Waals surface area contributed by atoms with E-state index in [4.69, 9.17) is 0 Å². The molecule has 4 rings (SSSR count). The average Bonchev–Trinajstić information content (AvgIpc) is 2.86. The third-order valence-electron chi connectivity index (χ3n) is 4.68. The second-order valence-corrected chi connectivity index (χ2v) is 5.87. The summed E-state index contributed by atoms with van der Waals surface area (Å²) in [6, 6.07) is 23.1. The zero-order valence-electron chi connectivity index (χ0n) is 11.7. The van der Waals surface area contributed by atoms with Crippen LogP contribution in [0.2, 0.25) is 0 Å². The van der Waals surface area contributed by atoms with E-state index in [1.54, 1.807) is 0 Å². The van der Waals surface area contributed by atoms with Crippen LogP contribution in [0.25, 0.3) is 0 Å². The predicted molar refractivity (Wildman–Crippen MR) is 81.3 cm³/mol. The lowest BCUT2D eigenvalue weighted by Crippen LogP contribution is -2.37. The second-order valence-electron chi connectivity index (χ2n) is 5.87. The molecule has 4 atom stereocenters. The number of nitrogens with zero attached hydrogens (tertiary/aromatic N) is 2. The fraction of sp³-hybridized carbons (Fsp3) is 0.333. The van der Waals surface area contributed by atoms with E-state index in [1.807, 2.05) is 0 Å². The van der Waals surface area contributed by atoms with Crippen LogP contribution >= 0.6 is 0 Å². The van der Waals surface area contributed by atoms with Crippen molar-refractivity contribution in [3.05, 3.63) is 71.8 Å². The van der Waals surface area contributed by atoms with Crippen LogP contribution in [0.5, 0.6) is 0 Å². The van der Waals surface area contributed by atoms with Crippen molar-refractivity contribution < 1.29 is 0 Å². The van der Waals surface area contributed by atoms with Gasteiger partial charge in [0.05, 0.1) is 6.67 Å². The molecule has 2 nitrogen and oxygen atoms in total. The molecule has 20 heavy (non-hydrogen) atoms. The van der Waals surface area contributed by atoms with Crippen LogP contribution in [0, 0.1) is 0 Å². The van der Waals surface area contributed by atoms with Crippen LogP contribution in [0.1, 0.15) is 29.6 Å². The van der Waals surface area contributed by atoms with Gasteiger partial charge in [-0.05, 0) is 17.5 Å². The zero-order chi connectivity index (χ0) is 13.4. The van der Waals surface area contributed by atoms with E-state index in [1.165, 1.54) is 30.6 Å². The Kier molecular flexibility index (Phi) is 3.06. The Morgan fingerprint density at radius 2 is 1.35 bits per heavy atom. The summed E-state index contributed by atoms with van der Waals surface area (Å²) in [6.45, 7) is 3.51. The van der Waals surface area contributed by atoms with E-state index >= 15 is 0 Å². The summed E-state index contributed by atoms with van der Waals surface area (Å²) >= 11 is 0. The highest BCUT2D eigenvalue weighted by atomic mass is 15.4. The monoisotopic (exact) mass is 264 g/mol. The Morgan fingerprint density at radius 3 is 2.00 bits per heavy atom. The molecule has 2 fully saturated rings. The highest BCUT2D eigenvalue weighted by Crippen LogP contribution is 2.40. The van der Waals surface area contributed by atoms with Gasteiger partial charge in [0.25, 0.3) is 0 Å². The average molecular weight is 264 g/mol. The van der Waals surface area contributed by atoms with Crippen molar-refractivity contribution >= 4 is 0 Å². The van der Waals surface area contributed by atoms with Gasteiger partial charge in [0.2, 0.25) is 0 Å². The summed E-state index contributed by atoms with van der Waals surface area (Å²) < 4.78 is 0.